The molecule has 0 bridgehead atoms. The lowest BCUT2D eigenvalue weighted by Gasteiger charge is -2.05. The number of nitrogens with zero attached hydrogens (tertiary/aromatic N) is 1. The average molecular weight is 215 g/mol. The smallest absolute Gasteiger partial charge is 0.311 e. The first-order valence-electron chi connectivity index (χ1n) is 4.74. The largest absolute Gasteiger partial charge is 0.450 e. The normalized spacial score (nSPS) is 9.75. The lowest BCUT2D eigenvalue weighted by atomic mass is 10.3. The van der Waals surface area contributed by atoms with Gasteiger partial charge in [-0.2, -0.15) is 0 Å². The summed E-state index contributed by atoms with van der Waals surface area (Å²) in [6, 6.07) is 15.3. The Labute approximate surface area is 92.3 Å². The predicted octanol–water partition coefficient (Wildman–Crippen LogP) is 3.39. The molecule has 0 spiro atoms. The third-order valence-electron chi connectivity index (χ3n) is 2.03. The van der Waals surface area contributed by atoms with Gasteiger partial charge in [0.1, 0.15) is 5.75 Å². The second-order valence-corrected chi connectivity index (χ2v) is 3.14. The van der Waals surface area contributed by atoms with Crippen LogP contribution >= 0.6 is 0 Å². The number of ether oxygens (including phenoxy) is 1. The van der Waals surface area contributed by atoms with Crippen LogP contribution in [0.4, 0.5) is 5.69 Å². The average Bonchev–Trinajstić information content (AvgIpc) is 2.31. The zero-order valence-electron chi connectivity index (χ0n) is 8.37. The summed E-state index contributed by atoms with van der Waals surface area (Å²) in [7, 11) is 0. The molecular weight excluding hydrogens is 206 g/mol. The van der Waals surface area contributed by atoms with Crippen LogP contribution in [0, 0.1) is 10.1 Å². The molecule has 4 heteroatoms. The second kappa shape index (κ2) is 4.44. The number of hydrogen-bond donors (Lipinski definition) is 0. The highest BCUT2D eigenvalue weighted by Gasteiger charge is 2.13. The molecule has 0 fully saturated rings. The maximum absolute atomic E-state index is 10.7. The molecule has 0 saturated heterocycles. The molecule has 0 aromatic heterocycles. The molecule has 0 amide bonds. The molecule has 16 heavy (non-hydrogen) atoms. The fraction of sp³-hybridized carbons (Fsp3) is 0. The maximum atomic E-state index is 10.7. The third-order valence-corrected chi connectivity index (χ3v) is 2.03. The van der Waals surface area contributed by atoms with E-state index in [1.807, 2.05) is 18.2 Å². The van der Waals surface area contributed by atoms with Crippen molar-refractivity contribution in [3.63, 3.8) is 0 Å². The highest BCUT2D eigenvalue weighted by atomic mass is 16.6. The van der Waals surface area contributed by atoms with E-state index < -0.39 is 4.92 Å². The van der Waals surface area contributed by atoms with Crippen molar-refractivity contribution in [1.82, 2.24) is 0 Å². The number of benzene rings is 2. The molecule has 0 aliphatic heterocycles. The first-order chi connectivity index (χ1) is 7.77. The van der Waals surface area contributed by atoms with E-state index in [2.05, 4.69) is 0 Å². The van der Waals surface area contributed by atoms with E-state index in [1.54, 1.807) is 30.3 Å². The number of rotatable bonds is 3. The van der Waals surface area contributed by atoms with Crippen molar-refractivity contribution in [2.24, 2.45) is 0 Å². The quantitative estimate of drug-likeness (QED) is 0.582. The summed E-state index contributed by atoms with van der Waals surface area (Å²) in [5.74, 6) is 0.829. The minimum absolute atomic E-state index is 0.0358. The molecule has 2 aromatic rings. The number of nitro groups is 1. The summed E-state index contributed by atoms with van der Waals surface area (Å²) in [5.41, 5.74) is -0.0358. The molecule has 4 nitrogen and oxygen atoms in total. The fourth-order valence-electron chi connectivity index (χ4n) is 1.31. The van der Waals surface area contributed by atoms with Crippen molar-refractivity contribution in [1.29, 1.82) is 0 Å². The van der Waals surface area contributed by atoms with Gasteiger partial charge < -0.3 is 4.74 Å². The number of nitro benzene ring substituents is 1. The van der Waals surface area contributed by atoms with Crippen LogP contribution in [0.2, 0.25) is 0 Å². The highest BCUT2D eigenvalue weighted by Crippen LogP contribution is 2.30. The number of hydrogen-bond acceptors (Lipinski definition) is 3. The monoisotopic (exact) mass is 215 g/mol. The predicted molar refractivity (Wildman–Crippen MR) is 59.6 cm³/mol. The highest BCUT2D eigenvalue weighted by molar-refractivity contribution is 5.47. The molecule has 0 saturated carbocycles. The summed E-state index contributed by atoms with van der Waals surface area (Å²) < 4.78 is 5.43. The van der Waals surface area contributed by atoms with Crippen LogP contribution in [0.15, 0.2) is 54.6 Å². The van der Waals surface area contributed by atoms with Gasteiger partial charge in [0, 0.05) is 6.07 Å². The summed E-state index contributed by atoms with van der Waals surface area (Å²) >= 11 is 0. The lowest BCUT2D eigenvalue weighted by molar-refractivity contribution is -0.385. The van der Waals surface area contributed by atoms with E-state index >= 15 is 0 Å². The summed E-state index contributed by atoms with van der Waals surface area (Å²) in [6.45, 7) is 0. The van der Waals surface area contributed by atoms with Gasteiger partial charge in [0.25, 0.3) is 0 Å². The van der Waals surface area contributed by atoms with E-state index in [0.29, 0.717) is 5.75 Å². The molecule has 2 aromatic carbocycles. The van der Waals surface area contributed by atoms with Crippen molar-refractivity contribution in [3.05, 3.63) is 64.7 Å². The summed E-state index contributed by atoms with van der Waals surface area (Å²) in [6.07, 6.45) is 0. The van der Waals surface area contributed by atoms with E-state index in [9.17, 15) is 10.1 Å². The Balaban J connectivity index is 2.31. The van der Waals surface area contributed by atoms with E-state index in [4.69, 9.17) is 4.74 Å². The molecule has 0 aliphatic rings. The zero-order chi connectivity index (χ0) is 11.4. The Kier molecular flexibility index (Phi) is 2.82. The van der Waals surface area contributed by atoms with Crippen LogP contribution in [-0.4, -0.2) is 4.92 Å². The fourth-order valence-corrected chi connectivity index (χ4v) is 1.31. The third kappa shape index (κ3) is 2.17. The van der Waals surface area contributed by atoms with Gasteiger partial charge in [0.15, 0.2) is 0 Å². The van der Waals surface area contributed by atoms with Crippen LogP contribution in [0.1, 0.15) is 0 Å². The molecule has 80 valence electrons. The standard InChI is InChI=1S/C12H9NO3/c14-13(15)11-8-4-5-9-12(11)16-10-6-2-1-3-7-10/h1-9H. The molecule has 0 radical (unpaired) electrons. The van der Waals surface area contributed by atoms with Gasteiger partial charge >= 0.3 is 5.69 Å². The van der Waals surface area contributed by atoms with Gasteiger partial charge in [-0.1, -0.05) is 30.3 Å². The molecule has 0 unspecified atom stereocenters. The van der Waals surface area contributed by atoms with Crippen LogP contribution in [0.25, 0.3) is 0 Å². The first kappa shape index (κ1) is 10.2. The van der Waals surface area contributed by atoms with Gasteiger partial charge in [0.2, 0.25) is 5.75 Å². The topological polar surface area (TPSA) is 52.4 Å². The molecule has 2 rings (SSSR count). The maximum Gasteiger partial charge on any atom is 0.311 e. The Morgan fingerprint density at radius 2 is 1.56 bits per heavy atom. The van der Waals surface area contributed by atoms with Crippen LogP contribution < -0.4 is 4.74 Å². The number of para-hydroxylation sites is 3. The SMILES string of the molecule is O=[N+]([O-])c1ccccc1Oc1ccccc1. The minimum Gasteiger partial charge on any atom is -0.450 e. The lowest BCUT2D eigenvalue weighted by Crippen LogP contribution is -1.92. The Hall–Kier alpha value is -2.36. The Morgan fingerprint density at radius 3 is 2.25 bits per heavy atom. The van der Waals surface area contributed by atoms with E-state index in [0.717, 1.165) is 0 Å². The van der Waals surface area contributed by atoms with Crippen molar-refractivity contribution >= 4 is 5.69 Å². The van der Waals surface area contributed by atoms with Crippen molar-refractivity contribution in [2.75, 3.05) is 0 Å². The molecule has 0 aliphatic carbocycles. The van der Waals surface area contributed by atoms with Crippen LogP contribution in [0.5, 0.6) is 11.5 Å². The van der Waals surface area contributed by atoms with Gasteiger partial charge in [-0.25, -0.2) is 0 Å². The Morgan fingerprint density at radius 1 is 0.938 bits per heavy atom. The van der Waals surface area contributed by atoms with Gasteiger partial charge in [-0.15, -0.1) is 0 Å². The summed E-state index contributed by atoms with van der Waals surface area (Å²) in [5, 5.41) is 10.7. The van der Waals surface area contributed by atoms with E-state index in [1.165, 1.54) is 6.07 Å². The van der Waals surface area contributed by atoms with Crippen molar-refractivity contribution < 1.29 is 9.66 Å². The molecule has 0 heterocycles. The van der Waals surface area contributed by atoms with Crippen molar-refractivity contribution in [2.45, 2.75) is 0 Å². The molecular formula is C12H9NO3. The van der Waals surface area contributed by atoms with E-state index in [-0.39, 0.29) is 11.4 Å². The Bertz CT molecular complexity index is 497. The molecule has 0 N–H and O–H groups in total. The minimum atomic E-state index is -0.460. The first-order valence-corrected chi connectivity index (χ1v) is 4.74. The molecule has 0 atom stereocenters. The summed E-state index contributed by atoms with van der Waals surface area (Å²) in [4.78, 5) is 10.3. The van der Waals surface area contributed by atoms with Crippen molar-refractivity contribution in [3.8, 4) is 11.5 Å². The van der Waals surface area contributed by atoms with Crippen LogP contribution in [-0.2, 0) is 0 Å². The zero-order valence-corrected chi connectivity index (χ0v) is 8.37. The van der Waals surface area contributed by atoms with Crippen LogP contribution in [0.3, 0.4) is 0 Å². The van der Waals surface area contributed by atoms with Gasteiger partial charge in [-0.3, -0.25) is 10.1 Å². The second-order valence-electron chi connectivity index (χ2n) is 3.14. The van der Waals surface area contributed by atoms with Gasteiger partial charge in [-0.05, 0) is 18.2 Å². The van der Waals surface area contributed by atoms with Gasteiger partial charge in [0.05, 0.1) is 4.92 Å².